The molecule has 0 unspecified atom stereocenters. The molecular weight excluding hydrogens is 174 g/mol. The van der Waals surface area contributed by atoms with Crippen LogP contribution in [0.25, 0.3) is 0 Å². The zero-order chi connectivity index (χ0) is 8.97. The first kappa shape index (κ1) is 9.41. The van der Waals surface area contributed by atoms with Crippen molar-refractivity contribution in [2.24, 2.45) is 0 Å². The summed E-state index contributed by atoms with van der Waals surface area (Å²) < 4.78 is 4.92. The monoisotopic (exact) mass is 187 g/mol. The number of rotatable bonds is 4. The van der Waals surface area contributed by atoms with Crippen molar-refractivity contribution in [2.75, 3.05) is 7.11 Å². The Balaban J connectivity index is 2.41. The van der Waals surface area contributed by atoms with E-state index in [0.29, 0.717) is 11.2 Å². The van der Waals surface area contributed by atoms with Crippen LogP contribution in [0.1, 0.15) is 18.9 Å². The van der Waals surface area contributed by atoms with Gasteiger partial charge in [0.25, 0.3) is 5.19 Å². The average Bonchev–Trinajstić information content (AvgIpc) is 2.48. The summed E-state index contributed by atoms with van der Waals surface area (Å²) >= 11 is 1.47. The van der Waals surface area contributed by atoms with Gasteiger partial charge in [0, 0.05) is 6.04 Å². The first-order valence-corrected chi connectivity index (χ1v) is 4.63. The fourth-order valence-corrected chi connectivity index (χ4v) is 1.29. The van der Waals surface area contributed by atoms with E-state index in [9.17, 15) is 0 Å². The first-order chi connectivity index (χ1) is 5.72. The molecule has 0 saturated heterocycles. The normalized spacial score (nSPS) is 10.7. The van der Waals surface area contributed by atoms with Gasteiger partial charge in [-0.3, -0.25) is 0 Å². The molecule has 0 bridgehead atoms. The Morgan fingerprint density at radius 1 is 1.50 bits per heavy atom. The van der Waals surface area contributed by atoms with Crippen LogP contribution < -0.4 is 10.1 Å². The van der Waals surface area contributed by atoms with Gasteiger partial charge in [-0.15, -0.1) is 10.2 Å². The summed E-state index contributed by atoms with van der Waals surface area (Å²) in [6, 6.07) is 0.472. The first-order valence-electron chi connectivity index (χ1n) is 3.82. The maximum absolute atomic E-state index is 4.92. The predicted molar refractivity (Wildman–Crippen MR) is 48.4 cm³/mol. The minimum atomic E-state index is 0.472. The van der Waals surface area contributed by atoms with Gasteiger partial charge in [-0.25, -0.2) is 0 Å². The number of hydrogen-bond donors (Lipinski definition) is 1. The van der Waals surface area contributed by atoms with Gasteiger partial charge >= 0.3 is 0 Å². The number of nitrogens with zero attached hydrogens (tertiary/aromatic N) is 2. The lowest BCUT2D eigenvalue weighted by Crippen LogP contribution is -2.21. The lowest BCUT2D eigenvalue weighted by molar-refractivity contribution is 0.407. The highest BCUT2D eigenvalue weighted by atomic mass is 32.1. The van der Waals surface area contributed by atoms with Crippen molar-refractivity contribution >= 4 is 11.3 Å². The molecule has 1 heterocycles. The molecule has 0 spiro atoms. The van der Waals surface area contributed by atoms with Crippen molar-refractivity contribution in [3.63, 3.8) is 0 Å². The number of methoxy groups -OCH3 is 1. The van der Waals surface area contributed by atoms with Crippen molar-refractivity contribution in [1.82, 2.24) is 15.5 Å². The summed E-state index contributed by atoms with van der Waals surface area (Å²) in [6.45, 7) is 4.95. The quantitative estimate of drug-likeness (QED) is 0.765. The maximum atomic E-state index is 4.92. The Morgan fingerprint density at radius 2 is 2.25 bits per heavy atom. The molecular formula is C7H13N3OS. The molecule has 0 amide bonds. The molecule has 1 aromatic heterocycles. The van der Waals surface area contributed by atoms with E-state index in [2.05, 4.69) is 29.4 Å². The second-order valence-electron chi connectivity index (χ2n) is 2.70. The second-order valence-corrected chi connectivity index (χ2v) is 3.73. The molecule has 0 aliphatic carbocycles. The fraction of sp³-hybridized carbons (Fsp3) is 0.714. The van der Waals surface area contributed by atoms with Crippen LogP contribution >= 0.6 is 11.3 Å². The highest BCUT2D eigenvalue weighted by Gasteiger charge is 2.03. The van der Waals surface area contributed by atoms with Crippen LogP contribution in [0.5, 0.6) is 5.19 Å². The van der Waals surface area contributed by atoms with Crippen LogP contribution in [0.2, 0.25) is 0 Å². The Morgan fingerprint density at radius 3 is 2.75 bits per heavy atom. The van der Waals surface area contributed by atoms with Gasteiger partial charge in [-0.05, 0) is 0 Å². The Bertz CT molecular complexity index is 236. The minimum Gasteiger partial charge on any atom is -0.472 e. The van der Waals surface area contributed by atoms with Crippen molar-refractivity contribution in [3.8, 4) is 5.19 Å². The van der Waals surface area contributed by atoms with Crippen molar-refractivity contribution in [3.05, 3.63) is 5.01 Å². The molecule has 0 atom stereocenters. The molecule has 68 valence electrons. The van der Waals surface area contributed by atoms with E-state index >= 15 is 0 Å². The van der Waals surface area contributed by atoms with Gasteiger partial charge in [0.2, 0.25) is 0 Å². The predicted octanol–water partition coefficient (Wildman–Crippen LogP) is 1.04. The fourth-order valence-electron chi connectivity index (χ4n) is 0.684. The van der Waals surface area contributed by atoms with Crippen molar-refractivity contribution in [2.45, 2.75) is 26.4 Å². The molecule has 1 aromatic rings. The van der Waals surface area contributed by atoms with Crippen molar-refractivity contribution in [1.29, 1.82) is 0 Å². The summed E-state index contributed by atoms with van der Waals surface area (Å²) in [5.74, 6) is 0. The largest absolute Gasteiger partial charge is 0.472 e. The molecule has 4 nitrogen and oxygen atoms in total. The molecule has 1 rings (SSSR count). The van der Waals surface area contributed by atoms with E-state index in [1.807, 2.05) is 0 Å². The van der Waals surface area contributed by atoms with E-state index < -0.39 is 0 Å². The van der Waals surface area contributed by atoms with Gasteiger partial charge in [-0.1, -0.05) is 25.2 Å². The van der Waals surface area contributed by atoms with Crippen LogP contribution in [0.4, 0.5) is 0 Å². The van der Waals surface area contributed by atoms with Crippen LogP contribution in [0, 0.1) is 0 Å². The Labute approximate surface area is 76.0 Å². The zero-order valence-electron chi connectivity index (χ0n) is 7.50. The van der Waals surface area contributed by atoms with Gasteiger partial charge in [0.05, 0.1) is 13.7 Å². The highest BCUT2D eigenvalue weighted by molar-refractivity contribution is 7.13. The van der Waals surface area contributed by atoms with E-state index in [0.717, 1.165) is 11.6 Å². The summed E-state index contributed by atoms with van der Waals surface area (Å²) in [5, 5.41) is 12.6. The minimum absolute atomic E-state index is 0.472. The number of aromatic nitrogens is 2. The topological polar surface area (TPSA) is 47.0 Å². The highest BCUT2D eigenvalue weighted by Crippen LogP contribution is 2.16. The van der Waals surface area contributed by atoms with Gasteiger partial charge in [-0.2, -0.15) is 0 Å². The van der Waals surface area contributed by atoms with Gasteiger partial charge in [0.1, 0.15) is 5.01 Å². The molecule has 0 aliphatic rings. The number of ether oxygens (including phenoxy) is 1. The molecule has 12 heavy (non-hydrogen) atoms. The van der Waals surface area contributed by atoms with Gasteiger partial charge < -0.3 is 10.1 Å². The molecule has 0 aliphatic heterocycles. The average molecular weight is 187 g/mol. The zero-order valence-corrected chi connectivity index (χ0v) is 8.31. The standard InChI is InChI=1S/C7H13N3OS/c1-5(2)8-4-6-9-10-7(11-3)12-6/h5,8H,4H2,1-3H3. The molecule has 5 heteroatoms. The van der Waals surface area contributed by atoms with Crippen LogP contribution in [0.3, 0.4) is 0 Å². The summed E-state index contributed by atoms with van der Waals surface area (Å²) in [4.78, 5) is 0. The molecule has 0 radical (unpaired) electrons. The number of nitrogens with one attached hydrogen (secondary N) is 1. The lowest BCUT2D eigenvalue weighted by Gasteiger charge is -2.03. The SMILES string of the molecule is COc1nnc(CNC(C)C)s1. The molecule has 0 fully saturated rings. The smallest absolute Gasteiger partial charge is 0.293 e. The summed E-state index contributed by atoms with van der Waals surface area (Å²) in [5.41, 5.74) is 0. The Kier molecular flexibility index (Phi) is 3.43. The van der Waals surface area contributed by atoms with E-state index in [4.69, 9.17) is 4.74 Å². The van der Waals surface area contributed by atoms with Gasteiger partial charge in [0.15, 0.2) is 0 Å². The van der Waals surface area contributed by atoms with E-state index in [1.165, 1.54) is 11.3 Å². The van der Waals surface area contributed by atoms with Crippen LogP contribution in [0.15, 0.2) is 0 Å². The van der Waals surface area contributed by atoms with Crippen molar-refractivity contribution < 1.29 is 4.74 Å². The Hall–Kier alpha value is -0.680. The van der Waals surface area contributed by atoms with Crippen LogP contribution in [-0.4, -0.2) is 23.3 Å². The molecule has 0 aromatic carbocycles. The maximum Gasteiger partial charge on any atom is 0.293 e. The summed E-state index contributed by atoms with van der Waals surface area (Å²) in [7, 11) is 1.60. The summed E-state index contributed by atoms with van der Waals surface area (Å²) in [6.07, 6.45) is 0. The van der Waals surface area contributed by atoms with E-state index in [1.54, 1.807) is 7.11 Å². The second kappa shape index (κ2) is 4.37. The third kappa shape index (κ3) is 2.75. The number of hydrogen-bond acceptors (Lipinski definition) is 5. The molecule has 0 saturated carbocycles. The lowest BCUT2D eigenvalue weighted by atomic mass is 10.4. The van der Waals surface area contributed by atoms with E-state index in [-0.39, 0.29) is 0 Å². The third-order valence-electron chi connectivity index (χ3n) is 1.28. The molecule has 1 N–H and O–H groups in total. The third-order valence-corrected chi connectivity index (χ3v) is 2.17. The van der Waals surface area contributed by atoms with Crippen LogP contribution in [-0.2, 0) is 6.54 Å².